The zero-order valence-corrected chi connectivity index (χ0v) is 7.72. The lowest BCUT2D eigenvalue weighted by molar-refractivity contribution is 0.0277. The number of nitrogens with zero attached hydrogens (tertiary/aromatic N) is 1. The molecule has 0 radical (unpaired) electrons. The van der Waals surface area contributed by atoms with Gasteiger partial charge in [0.25, 0.3) is 5.92 Å². The van der Waals surface area contributed by atoms with E-state index < -0.39 is 5.92 Å². The normalized spacial score (nSPS) is 45.0. The van der Waals surface area contributed by atoms with Crippen LogP contribution in [0.3, 0.4) is 0 Å². The van der Waals surface area contributed by atoms with Crippen LogP contribution in [0.15, 0.2) is 0 Å². The molecule has 3 heteroatoms. The highest BCUT2D eigenvalue weighted by Crippen LogP contribution is 2.62. The van der Waals surface area contributed by atoms with Gasteiger partial charge in [-0.1, -0.05) is 0 Å². The first-order valence-corrected chi connectivity index (χ1v) is 4.59. The molecular formula is C9H15F2N. The molecule has 12 heavy (non-hydrogen) atoms. The third kappa shape index (κ3) is 0.859. The van der Waals surface area contributed by atoms with E-state index in [0.717, 1.165) is 0 Å². The summed E-state index contributed by atoms with van der Waals surface area (Å²) >= 11 is 0. The highest BCUT2D eigenvalue weighted by atomic mass is 19.3. The minimum atomic E-state index is -2.34. The molecule has 2 fully saturated rings. The van der Waals surface area contributed by atoms with Crippen LogP contribution in [0.4, 0.5) is 8.78 Å². The molecule has 3 atom stereocenters. The molecule has 1 aliphatic carbocycles. The molecular weight excluding hydrogens is 160 g/mol. The Bertz CT molecular complexity index is 201. The van der Waals surface area contributed by atoms with Gasteiger partial charge >= 0.3 is 0 Å². The van der Waals surface area contributed by atoms with Gasteiger partial charge in [-0.2, -0.15) is 0 Å². The molecule has 70 valence electrons. The fourth-order valence-electron chi connectivity index (χ4n) is 2.59. The average molecular weight is 175 g/mol. The largest absolute Gasteiger partial charge is 0.297 e. The van der Waals surface area contributed by atoms with Crippen molar-refractivity contribution in [2.75, 3.05) is 6.54 Å². The number of alkyl halides is 2. The molecule has 0 aromatic heterocycles. The van der Waals surface area contributed by atoms with Gasteiger partial charge in [-0.15, -0.1) is 0 Å². The zero-order chi connectivity index (χ0) is 9.09. The van der Waals surface area contributed by atoms with E-state index in [1.165, 1.54) is 0 Å². The maximum absolute atomic E-state index is 12.9. The number of fused-ring (bicyclic) bond motifs is 1. The van der Waals surface area contributed by atoms with Crippen LogP contribution >= 0.6 is 0 Å². The highest BCUT2D eigenvalue weighted by Gasteiger charge is 2.74. The second kappa shape index (κ2) is 2.19. The van der Waals surface area contributed by atoms with Crippen molar-refractivity contribution >= 4 is 0 Å². The van der Waals surface area contributed by atoms with E-state index in [9.17, 15) is 8.78 Å². The van der Waals surface area contributed by atoms with Crippen molar-refractivity contribution in [1.82, 2.24) is 4.90 Å². The predicted molar refractivity (Wildman–Crippen MR) is 43.2 cm³/mol. The minimum Gasteiger partial charge on any atom is -0.297 e. The van der Waals surface area contributed by atoms with Crippen LogP contribution in [0, 0.1) is 11.8 Å². The first kappa shape index (κ1) is 8.42. The first-order valence-electron chi connectivity index (χ1n) is 4.59. The van der Waals surface area contributed by atoms with Crippen LogP contribution in [-0.2, 0) is 0 Å². The monoisotopic (exact) mass is 175 g/mol. The molecule has 3 unspecified atom stereocenters. The van der Waals surface area contributed by atoms with E-state index in [2.05, 4.69) is 18.7 Å². The van der Waals surface area contributed by atoms with Crippen LogP contribution in [0.25, 0.3) is 0 Å². The van der Waals surface area contributed by atoms with Gasteiger partial charge in [-0.3, -0.25) is 4.90 Å². The van der Waals surface area contributed by atoms with E-state index in [1.807, 2.05) is 6.92 Å². The third-order valence-electron chi connectivity index (χ3n) is 3.38. The summed E-state index contributed by atoms with van der Waals surface area (Å²) in [5, 5.41) is 0. The molecule has 0 aromatic carbocycles. The molecule has 1 aliphatic heterocycles. The molecule has 0 spiro atoms. The molecule has 1 saturated heterocycles. The maximum atomic E-state index is 12.9. The molecule has 0 amide bonds. The van der Waals surface area contributed by atoms with Crippen molar-refractivity contribution in [3.05, 3.63) is 0 Å². The molecule has 1 saturated carbocycles. The van der Waals surface area contributed by atoms with Crippen molar-refractivity contribution in [2.24, 2.45) is 11.8 Å². The van der Waals surface area contributed by atoms with Crippen molar-refractivity contribution in [3.63, 3.8) is 0 Å². The Kier molecular flexibility index (Phi) is 1.54. The summed E-state index contributed by atoms with van der Waals surface area (Å²) in [7, 11) is 0. The average Bonchev–Trinajstić information content (AvgIpc) is 2.35. The van der Waals surface area contributed by atoms with E-state index >= 15 is 0 Å². The van der Waals surface area contributed by atoms with Gasteiger partial charge in [0, 0.05) is 30.5 Å². The van der Waals surface area contributed by atoms with Gasteiger partial charge < -0.3 is 0 Å². The van der Waals surface area contributed by atoms with Crippen LogP contribution in [0.5, 0.6) is 0 Å². The molecule has 0 bridgehead atoms. The summed E-state index contributed by atoms with van der Waals surface area (Å²) in [6.07, 6.45) is 0. The summed E-state index contributed by atoms with van der Waals surface area (Å²) in [4.78, 5) is 2.17. The second-order valence-corrected chi connectivity index (χ2v) is 4.34. The van der Waals surface area contributed by atoms with Crippen molar-refractivity contribution in [1.29, 1.82) is 0 Å². The number of hydrogen-bond donors (Lipinski definition) is 0. The van der Waals surface area contributed by atoms with Gasteiger partial charge in [0.15, 0.2) is 0 Å². The Morgan fingerprint density at radius 3 is 2.33 bits per heavy atom. The first-order chi connectivity index (χ1) is 5.46. The van der Waals surface area contributed by atoms with E-state index in [0.29, 0.717) is 12.6 Å². The van der Waals surface area contributed by atoms with E-state index in [4.69, 9.17) is 0 Å². The number of halogens is 2. The Morgan fingerprint density at radius 1 is 1.42 bits per heavy atom. The van der Waals surface area contributed by atoms with Crippen molar-refractivity contribution < 1.29 is 8.78 Å². The molecule has 0 N–H and O–H groups in total. The summed E-state index contributed by atoms with van der Waals surface area (Å²) in [6, 6.07) is 0.480. The molecule has 0 aromatic rings. The summed E-state index contributed by atoms with van der Waals surface area (Å²) in [5.41, 5.74) is 0. The smallest absolute Gasteiger partial charge is 0.257 e. The summed E-state index contributed by atoms with van der Waals surface area (Å²) in [6.45, 7) is 6.65. The Morgan fingerprint density at radius 2 is 2.00 bits per heavy atom. The van der Waals surface area contributed by atoms with Gasteiger partial charge in [-0.25, -0.2) is 8.78 Å². The number of piperidine rings is 1. The van der Waals surface area contributed by atoms with Crippen LogP contribution in [0.2, 0.25) is 0 Å². The van der Waals surface area contributed by atoms with Crippen LogP contribution in [0.1, 0.15) is 20.8 Å². The van der Waals surface area contributed by atoms with E-state index in [-0.39, 0.29) is 17.9 Å². The Hall–Kier alpha value is -0.180. The van der Waals surface area contributed by atoms with Gasteiger partial charge in [-0.05, 0) is 20.8 Å². The number of likely N-dealkylation sites (tertiary alicyclic amines) is 1. The maximum Gasteiger partial charge on any atom is 0.257 e. The summed E-state index contributed by atoms with van der Waals surface area (Å²) < 4.78 is 25.8. The standard InChI is InChI=1S/C9H15F2N/c1-5(2)12-4-7-8(6(12)3)9(7,10)11/h5-8H,4H2,1-3H3. The number of rotatable bonds is 1. The SMILES string of the molecule is CC(C)N1CC2C(C1C)C2(F)F. The lowest BCUT2D eigenvalue weighted by Crippen LogP contribution is -2.39. The van der Waals surface area contributed by atoms with Crippen LogP contribution < -0.4 is 0 Å². The predicted octanol–water partition coefficient (Wildman–Crippen LogP) is 1.98. The second-order valence-electron chi connectivity index (χ2n) is 4.34. The minimum absolute atomic E-state index is 0.0741. The Labute approximate surface area is 71.7 Å². The van der Waals surface area contributed by atoms with Crippen molar-refractivity contribution in [2.45, 2.75) is 38.8 Å². The lowest BCUT2D eigenvalue weighted by atomic mass is 10.2. The fourth-order valence-corrected chi connectivity index (χ4v) is 2.59. The third-order valence-corrected chi connectivity index (χ3v) is 3.38. The lowest BCUT2D eigenvalue weighted by Gasteiger charge is -2.29. The van der Waals surface area contributed by atoms with Crippen LogP contribution in [-0.4, -0.2) is 29.5 Å². The van der Waals surface area contributed by atoms with E-state index in [1.54, 1.807) is 0 Å². The van der Waals surface area contributed by atoms with Crippen molar-refractivity contribution in [3.8, 4) is 0 Å². The molecule has 2 rings (SSSR count). The highest BCUT2D eigenvalue weighted by molar-refractivity contribution is 5.16. The quantitative estimate of drug-likeness (QED) is 0.589. The molecule has 1 heterocycles. The summed E-state index contributed by atoms with van der Waals surface area (Å²) in [5.74, 6) is -3.03. The van der Waals surface area contributed by atoms with Gasteiger partial charge in [0.05, 0.1) is 0 Å². The topological polar surface area (TPSA) is 3.24 Å². The zero-order valence-electron chi connectivity index (χ0n) is 7.72. The molecule has 1 nitrogen and oxygen atoms in total. The Balaban J connectivity index is 2.06. The molecule has 2 aliphatic rings. The van der Waals surface area contributed by atoms with Gasteiger partial charge in [0.1, 0.15) is 0 Å². The number of hydrogen-bond acceptors (Lipinski definition) is 1. The van der Waals surface area contributed by atoms with Gasteiger partial charge in [0.2, 0.25) is 0 Å². The fraction of sp³-hybridized carbons (Fsp3) is 1.00.